The smallest absolute Gasteiger partial charge is 0.127 e. The fourth-order valence-electron chi connectivity index (χ4n) is 2.23. The molecule has 2 unspecified atom stereocenters. The van der Waals surface area contributed by atoms with E-state index in [9.17, 15) is 8.78 Å². The van der Waals surface area contributed by atoms with Gasteiger partial charge in [-0.1, -0.05) is 20.8 Å². The van der Waals surface area contributed by atoms with E-state index in [-0.39, 0.29) is 23.6 Å². The molecule has 0 heterocycles. The fraction of sp³-hybridized carbons (Fsp3) is 0.600. The van der Waals surface area contributed by atoms with Crippen molar-refractivity contribution in [3.8, 4) is 0 Å². The predicted octanol–water partition coefficient (Wildman–Crippen LogP) is 4.15. The third-order valence-corrected chi connectivity index (χ3v) is 3.47. The summed E-state index contributed by atoms with van der Waals surface area (Å²) in [5, 5.41) is 3.39. The largest absolute Gasteiger partial charge is 0.313 e. The summed E-state index contributed by atoms with van der Waals surface area (Å²) in [7, 11) is 0. The molecule has 0 aromatic heterocycles. The Kier molecular flexibility index (Phi) is 5.73. The molecule has 0 bridgehead atoms. The van der Waals surface area contributed by atoms with Gasteiger partial charge in [0.2, 0.25) is 0 Å². The average molecular weight is 255 g/mol. The van der Waals surface area contributed by atoms with E-state index in [1.165, 1.54) is 12.1 Å². The van der Waals surface area contributed by atoms with Crippen LogP contribution in [0.2, 0.25) is 0 Å². The van der Waals surface area contributed by atoms with Gasteiger partial charge in [-0.25, -0.2) is 8.78 Å². The lowest BCUT2D eigenvalue weighted by molar-refractivity contribution is 0.425. The van der Waals surface area contributed by atoms with Crippen LogP contribution >= 0.6 is 0 Å². The minimum absolute atomic E-state index is 0.0309. The Balaban J connectivity index is 2.94. The zero-order chi connectivity index (χ0) is 13.7. The number of halogens is 2. The van der Waals surface area contributed by atoms with Gasteiger partial charge in [-0.15, -0.1) is 0 Å². The van der Waals surface area contributed by atoms with Crippen LogP contribution in [0.1, 0.15) is 50.7 Å². The molecule has 2 atom stereocenters. The van der Waals surface area contributed by atoms with E-state index < -0.39 is 0 Å². The topological polar surface area (TPSA) is 12.0 Å². The van der Waals surface area contributed by atoms with Gasteiger partial charge in [0.15, 0.2) is 0 Å². The highest BCUT2D eigenvalue weighted by Gasteiger charge is 2.20. The summed E-state index contributed by atoms with van der Waals surface area (Å²) in [5.41, 5.74) is 0.826. The Morgan fingerprint density at radius 1 is 1.17 bits per heavy atom. The van der Waals surface area contributed by atoms with Crippen LogP contribution in [0.15, 0.2) is 12.1 Å². The van der Waals surface area contributed by atoms with Crippen molar-refractivity contribution in [2.75, 3.05) is 6.54 Å². The van der Waals surface area contributed by atoms with Crippen molar-refractivity contribution >= 4 is 0 Å². The van der Waals surface area contributed by atoms with Gasteiger partial charge in [-0.2, -0.15) is 0 Å². The second-order valence-corrected chi connectivity index (χ2v) is 4.88. The van der Waals surface area contributed by atoms with Gasteiger partial charge in [-0.3, -0.25) is 0 Å². The Bertz CT molecular complexity index is 390. The van der Waals surface area contributed by atoms with Gasteiger partial charge in [-0.05, 0) is 55.5 Å². The van der Waals surface area contributed by atoms with Gasteiger partial charge in [0.25, 0.3) is 0 Å². The molecule has 1 N–H and O–H groups in total. The standard InChI is InChI=1S/C15H23F2N/c1-5-7-18-15(6-2)11(4)12-9-13(16)10(3)8-14(12)17/h8-9,11,15,18H,5-7H2,1-4H3. The first-order valence-corrected chi connectivity index (χ1v) is 6.70. The molecule has 0 aliphatic carbocycles. The lowest BCUT2D eigenvalue weighted by atomic mass is 9.90. The van der Waals surface area contributed by atoms with Crippen LogP contribution in [-0.4, -0.2) is 12.6 Å². The van der Waals surface area contributed by atoms with Crippen molar-refractivity contribution in [2.45, 2.75) is 52.5 Å². The number of rotatable bonds is 6. The zero-order valence-electron chi connectivity index (χ0n) is 11.7. The summed E-state index contributed by atoms with van der Waals surface area (Å²) >= 11 is 0. The van der Waals surface area contributed by atoms with E-state index in [4.69, 9.17) is 0 Å². The molecule has 0 amide bonds. The highest BCUT2D eigenvalue weighted by molar-refractivity contribution is 5.28. The highest BCUT2D eigenvalue weighted by atomic mass is 19.1. The van der Waals surface area contributed by atoms with E-state index in [1.54, 1.807) is 6.92 Å². The molecule has 1 rings (SSSR count). The molecule has 0 fully saturated rings. The van der Waals surface area contributed by atoms with Crippen molar-refractivity contribution < 1.29 is 8.78 Å². The monoisotopic (exact) mass is 255 g/mol. The SMILES string of the molecule is CCCNC(CC)C(C)c1cc(F)c(C)cc1F. The number of hydrogen-bond acceptors (Lipinski definition) is 1. The maximum Gasteiger partial charge on any atom is 0.127 e. The lowest BCUT2D eigenvalue weighted by Gasteiger charge is -2.25. The van der Waals surface area contributed by atoms with Gasteiger partial charge in [0.05, 0.1) is 0 Å². The summed E-state index contributed by atoms with van der Waals surface area (Å²) in [6.07, 6.45) is 1.93. The molecule has 0 radical (unpaired) electrons. The molecule has 1 nitrogen and oxygen atoms in total. The Morgan fingerprint density at radius 3 is 2.39 bits per heavy atom. The van der Waals surface area contributed by atoms with Crippen LogP contribution in [0, 0.1) is 18.6 Å². The Morgan fingerprint density at radius 2 is 1.83 bits per heavy atom. The molecule has 1 aromatic carbocycles. The normalized spacial score (nSPS) is 14.6. The van der Waals surface area contributed by atoms with Crippen LogP contribution in [0.4, 0.5) is 8.78 Å². The molecule has 0 saturated carbocycles. The van der Waals surface area contributed by atoms with Crippen LogP contribution < -0.4 is 5.32 Å². The molecule has 102 valence electrons. The maximum absolute atomic E-state index is 13.9. The van der Waals surface area contributed by atoms with Crippen LogP contribution in [0.5, 0.6) is 0 Å². The third-order valence-electron chi connectivity index (χ3n) is 3.47. The third kappa shape index (κ3) is 3.52. The van der Waals surface area contributed by atoms with E-state index in [1.807, 2.05) is 6.92 Å². The number of aryl methyl sites for hydroxylation is 1. The first-order valence-electron chi connectivity index (χ1n) is 6.70. The van der Waals surface area contributed by atoms with Crippen molar-refractivity contribution in [3.05, 3.63) is 34.9 Å². The fourth-order valence-corrected chi connectivity index (χ4v) is 2.23. The van der Waals surface area contributed by atoms with Gasteiger partial charge >= 0.3 is 0 Å². The Hall–Kier alpha value is -0.960. The molecule has 0 spiro atoms. The summed E-state index contributed by atoms with van der Waals surface area (Å²) in [5.74, 6) is -0.668. The highest BCUT2D eigenvalue weighted by Crippen LogP contribution is 2.26. The quantitative estimate of drug-likeness (QED) is 0.805. The molecular formula is C15H23F2N. The van der Waals surface area contributed by atoms with Crippen LogP contribution in [0.25, 0.3) is 0 Å². The molecule has 1 aromatic rings. The molecule has 0 aliphatic heterocycles. The summed E-state index contributed by atoms with van der Waals surface area (Å²) < 4.78 is 27.5. The van der Waals surface area contributed by atoms with E-state index >= 15 is 0 Å². The van der Waals surface area contributed by atoms with Crippen LogP contribution in [0.3, 0.4) is 0 Å². The molecule has 0 aliphatic rings. The van der Waals surface area contributed by atoms with E-state index in [0.717, 1.165) is 19.4 Å². The minimum atomic E-state index is -0.330. The molecule has 0 saturated heterocycles. The minimum Gasteiger partial charge on any atom is -0.313 e. The predicted molar refractivity (Wildman–Crippen MR) is 71.9 cm³/mol. The molecule has 18 heavy (non-hydrogen) atoms. The number of benzene rings is 1. The summed E-state index contributed by atoms with van der Waals surface area (Å²) in [6, 6.07) is 2.81. The second-order valence-electron chi connectivity index (χ2n) is 4.88. The van der Waals surface area contributed by atoms with Crippen molar-refractivity contribution in [1.29, 1.82) is 0 Å². The molecule has 3 heteroatoms. The van der Waals surface area contributed by atoms with Crippen molar-refractivity contribution in [2.24, 2.45) is 0 Å². The maximum atomic E-state index is 13.9. The lowest BCUT2D eigenvalue weighted by Crippen LogP contribution is -2.34. The average Bonchev–Trinajstić information content (AvgIpc) is 2.34. The van der Waals surface area contributed by atoms with Gasteiger partial charge in [0, 0.05) is 6.04 Å². The Labute approximate surface area is 109 Å². The second kappa shape index (κ2) is 6.83. The summed E-state index contributed by atoms with van der Waals surface area (Å²) in [4.78, 5) is 0. The van der Waals surface area contributed by atoms with Crippen molar-refractivity contribution in [1.82, 2.24) is 5.32 Å². The van der Waals surface area contributed by atoms with Gasteiger partial charge in [0.1, 0.15) is 11.6 Å². The zero-order valence-corrected chi connectivity index (χ0v) is 11.7. The van der Waals surface area contributed by atoms with Gasteiger partial charge < -0.3 is 5.32 Å². The first kappa shape index (κ1) is 15.1. The number of hydrogen-bond donors (Lipinski definition) is 1. The van der Waals surface area contributed by atoms with Crippen LogP contribution in [-0.2, 0) is 0 Å². The summed E-state index contributed by atoms with van der Waals surface area (Å²) in [6.45, 7) is 8.59. The molecular weight excluding hydrogens is 232 g/mol. The van der Waals surface area contributed by atoms with E-state index in [2.05, 4.69) is 19.2 Å². The number of nitrogens with one attached hydrogen (secondary N) is 1. The first-order chi connectivity index (χ1) is 8.51. The van der Waals surface area contributed by atoms with Crippen molar-refractivity contribution in [3.63, 3.8) is 0 Å². The van der Waals surface area contributed by atoms with E-state index in [0.29, 0.717) is 11.1 Å².